The first-order valence-corrected chi connectivity index (χ1v) is 7.30. The van der Waals surface area contributed by atoms with Crippen LogP contribution in [0.3, 0.4) is 0 Å². The van der Waals surface area contributed by atoms with Crippen molar-refractivity contribution in [1.82, 2.24) is 0 Å². The van der Waals surface area contributed by atoms with Crippen molar-refractivity contribution in [3.63, 3.8) is 0 Å². The largest absolute Gasteiger partial charge is 0.485 e. The van der Waals surface area contributed by atoms with Crippen LogP contribution in [0.1, 0.15) is 29.8 Å². The average Bonchev–Trinajstić information content (AvgIpc) is 2.38. The van der Waals surface area contributed by atoms with Gasteiger partial charge in [-0.2, -0.15) is 0 Å². The van der Waals surface area contributed by atoms with Gasteiger partial charge in [0.25, 0.3) is 0 Å². The van der Waals surface area contributed by atoms with Crippen molar-refractivity contribution in [1.29, 1.82) is 0 Å². The predicted octanol–water partition coefficient (Wildman–Crippen LogP) is 4.80. The highest BCUT2D eigenvalue weighted by Gasteiger charge is 2.28. The Kier molecular flexibility index (Phi) is 3.71. The van der Waals surface area contributed by atoms with E-state index < -0.39 is 18.0 Å². The van der Waals surface area contributed by atoms with Gasteiger partial charge in [-0.15, -0.1) is 0 Å². The van der Waals surface area contributed by atoms with Gasteiger partial charge < -0.3 is 9.84 Å². The van der Waals surface area contributed by atoms with Crippen LogP contribution in [0.2, 0.25) is 5.02 Å². The molecule has 1 aliphatic heterocycles. The van der Waals surface area contributed by atoms with Crippen molar-refractivity contribution in [3.8, 4) is 5.75 Å². The van der Waals surface area contributed by atoms with Crippen LogP contribution < -0.4 is 4.74 Å². The topological polar surface area (TPSA) is 29.5 Å². The molecule has 2 atom stereocenters. The molecular weight excluding hydrogens is 347 g/mol. The molecule has 3 rings (SSSR count). The lowest BCUT2D eigenvalue weighted by atomic mass is 9.95. The number of aliphatic hydroxyl groups excluding tert-OH is 1. The number of hydrogen-bond donors (Lipinski definition) is 1. The van der Waals surface area contributed by atoms with Gasteiger partial charge >= 0.3 is 0 Å². The lowest BCUT2D eigenvalue weighted by molar-refractivity contribution is 0.0655. The van der Waals surface area contributed by atoms with Crippen LogP contribution in [0.15, 0.2) is 40.9 Å². The lowest BCUT2D eigenvalue weighted by Gasteiger charge is -2.30. The van der Waals surface area contributed by atoms with Crippen molar-refractivity contribution in [3.05, 3.63) is 62.8 Å². The van der Waals surface area contributed by atoms with E-state index in [2.05, 4.69) is 15.9 Å². The Labute approximate surface area is 129 Å². The summed E-state index contributed by atoms with van der Waals surface area (Å²) in [4.78, 5) is 0. The first kappa shape index (κ1) is 13.9. The van der Waals surface area contributed by atoms with Gasteiger partial charge in [-0.1, -0.05) is 27.5 Å². The molecule has 1 N–H and O–H groups in total. The van der Waals surface area contributed by atoms with Crippen molar-refractivity contribution in [2.24, 2.45) is 0 Å². The third-order valence-corrected chi connectivity index (χ3v) is 4.01. The molecule has 0 bridgehead atoms. The van der Waals surface area contributed by atoms with Gasteiger partial charge in [0.1, 0.15) is 17.7 Å². The van der Waals surface area contributed by atoms with Crippen LogP contribution in [0.4, 0.5) is 4.39 Å². The molecule has 0 saturated heterocycles. The third kappa shape index (κ3) is 2.68. The Morgan fingerprint density at radius 2 is 2.05 bits per heavy atom. The quantitative estimate of drug-likeness (QED) is 0.794. The Bertz CT molecular complexity index is 642. The summed E-state index contributed by atoms with van der Waals surface area (Å²) < 4.78 is 20.1. The highest BCUT2D eigenvalue weighted by atomic mass is 79.9. The summed E-state index contributed by atoms with van der Waals surface area (Å²) >= 11 is 9.23. The SMILES string of the molecule is OC1CC(c2cc(F)cc(Cl)c2)Oc2ccc(Br)cc21. The van der Waals surface area contributed by atoms with Gasteiger partial charge in [0.2, 0.25) is 0 Å². The summed E-state index contributed by atoms with van der Waals surface area (Å²) in [5, 5.41) is 10.5. The fourth-order valence-electron chi connectivity index (χ4n) is 2.38. The number of aliphatic hydroxyl groups is 1. The molecule has 1 heterocycles. The molecule has 0 amide bonds. The summed E-state index contributed by atoms with van der Waals surface area (Å²) in [7, 11) is 0. The minimum absolute atomic E-state index is 0.319. The van der Waals surface area contributed by atoms with E-state index in [1.165, 1.54) is 12.1 Å². The molecule has 2 aromatic carbocycles. The monoisotopic (exact) mass is 356 g/mol. The third-order valence-electron chi connectivity index (χ3n) is 3.29. The molecule has 1 aliphatic rings. The number of benzene rings is 2. The Morgan fingerprint density at radius 3 is 2.80 bits per heavy atom. The van der Waals surface area contributed by atoms with Gasteiger partial charge in [-0.25, -0.2) is 4.39 Å². The smallest absolute Gasteiger partial charge is 0.127 e. The number of fused-ring (bicyclic) bond motifs is 1. The van der Waals surface area contributed by atoms with E-state index in [0.29, 0.717) is 22.8 Å². The standard InChI is InChI=1S/C15H11BrClFO2/c16-9-1-2-14-12(5-9)13(19)7-15(20-14)8-3-10(17)6-11(18)4-8/h1-6,13,15,19H,7H2. The van der Waals surface area contributed by atoms with Crippen LogP contribution in [0.25, 0.3) is 0 Å². The summed E-state index contributed by atoms with van der Waals surface area (Å²) in [5.41, 5.74) is 1.36. The average molecular weight is 358 g/mol. The predicted molar refractivity (Wildman–Crippen MR) is 78.5 cm³/mol. The van der Waals surface area contributed by atoms with Gasteiger partial charge in [-0.3, -0.25) is 0 Å². The van der Waals surface area contributed by atoms with E-state index in [0.717, 1.165) is 10.0 Å². The Morgan fingerprint density at radius 1 is 1.25 bits per heavy atom. The van der Waals surface area contributed by atoms with Gasteiger partial charge in [0, 0.05) is 21.5 Å². The van der Waals surface area contributed by atoms with E-state index in [9.17, 15) is 9.50 Å². The molecule has 2 nitrogen and oxygen atoms in total. The highest BCUT2D eigenvalue weighted by molar-refractivity contribution is 9.10. The molecule has 2 aromatic rings. The van der Waals surface area contributed by atoms with E-state index in [1.54, 1.807) is 12.1 Å². The molecule has 104 valence electrons. The maximum Gasteiger partial charge on any atom is 0.127 e. The molecule has 5 heteroatoms. The number of ether oxygens (including phenoxy) is 1. The molecule has 0 aliphatic carbocycles. The zero-order valence-corrected chi connectivity index (χ0v) is 12.7. The fraction of sp³-hybridized carbons (Fsp3) is 0.200. The number of rotatable bonds is 1. The Hall–Kier alpha value is -1.10. The van der Waals surface area contributed by atoms with Crippen molar-refractivity contribution < 1.29 is 14.2 Å². The number of halogens is 3. The summed E-state index contributed by atoms with van der Waals surface area (Å²) in [5.74, 6) is 0.199. The van der Waals surface area contributed by atoms with E-state index in [4.69, 9.17) is 16.3 Å². The first-order chi connectivity index (χ1) is 9.52. The Balaban J connectivity index is 1.96. The van der Waals surface area contributed by atoms with E-state index in [1.807, 2.05) is 12.1 Å². The minimum Gasteiger partial charge on any atom is -0.485 e. The van der Waals surface area contributed by atoms with Crippen LogP contribution >= 0.6 is 27.5 Å². The fourth-order valence-corrected chi connectivity index (χ4v) is 2.99. The number of hydrogen-bond acceptors (Lipinski definition) is 2. The normalized spacial score (nSPS) is 21.2. The molecule has 0 aromatic heterocycles. The molecule has 0 fully saturated rings. The van der Waals surface area contributed by atoms with Crippen LogP contribution in [-0.2, 0) is 0 Å². The van der Waals surface area contributed by atoms with Crippen molar-refractivity contribution in [2.45, 2.75) is 18.6 Å². The minimum atomic E-state index is -0.650. The zero-order valence-electron chi connectivity index (χ0n) is 10.3. The molecule has 0 spiro atoms. The van der Waals surface area contributed by atoms with Gasteiger partial charge in [0.05, 0.1) is 6.10 Å². The molecular formula is C15H11BrClFO2. The summed E-state index contributed by atoms with van der Waals surface area (Å²) in [6, 6.07) is 9.74. The lowest BCUT2D eigenvalue weighted by Crippen LogP contribution is -2.19. The second kappa shape index (κ2) is 5.35. The molecule has 20 heavy (non-hydrogen) atoms. The summed E-state index contributed by atoms with van der Waals surface area (Å²) in [6.07, 6.45) is -0.696. The van der Waals surface area contributed by atoms with Crippen LogP contribution in [-0.4, -0.2) is 5.11 Å². The van der Waals surface area contributed by atoms with E-state index >= 15 is 0 Å². The van der Waals surface area contributed by atoms with Gasteiger partial charge in [-0.05, 0) is 42.0 Å². The van der Waals surface area contributed by atoms with E-state index in [-0.39, 0.29) is 0 Å². The zero-order chi connectivity index (χ0) is 14.3. The van der Waals surface area contributed by atoms with Crippen LogP contribution in [0, 0.1) is 5.82 Å². The molecule has 2 unspecified atom stereocenters. The van der Waals surface area contributed by atoms with Gasteiger partial charge in [0.15, 0.2) is 0 Å². The van der Waals surface area contributed by atoms with Crippen LogP contribution in [0.5, 0.6) is 5.75 Å². The maximum atomic E-state index is 13.4. The van der Waals surface area contributed by atoms with Crippen molar-refractivity contribution >= 4 is 27.5 Å². The van der Waals surface area contributed by atoms with Crippen molar-refractivity contribution in [2.75, 3.05) is 0 Å². The summed E-state index contributed by atoms with van der Waals surface area (Å²) in [6.45, 7) is 0. The second-order valence-electron chi connectivity index (χ2n) is 4.74. The molecule has 0 radical (unpaired) electrons. The molecule has 0 saturated carbocycles. The second-order valence-corrected chi connectivity index (χ2v) is 6.10. The first-order valence-electron chi connectivity index (χ1n) is 6.13. The highest BCUT2D eigenvalue weighted by Crippen LogP contribution is 2.42. The maximum absolute atomic E-state index is 13.4.